The van der Waals surface area contributed by atoms with E-state index < -0.39 is 0 Å². The van der Waals surface area contributed by atoms with Crippen LogP contribution in [0.4, 0.5) is 0 Å². The molecule has 0 aliphatic rings. The van der Waals surface area contributed by atoms with Crippen molar-refractivity contribution in [2.24, 2.45) is 7.05 Å². The number of rotatable bonds is 1. The molecule has 0 radical (unpaired) electrons. The average molecular weight is 200 g/mol. The summed E-state index contributed by atoms with van der Waals surface area (Å²) in [7, 11) is 1.83. The van der Waals surface area contributed by atoms with Crippen LogP contribution in [0.5, 0.6) is 0 Å². The maximum absolute atomic E-state index is 11.7. The van der Waals surface area contributed by atoms with Crippen molar-refractivity contribution in [3.05, 3.63) is 52.3 Å². The molecule has 76 valence electrons. The number of aromatic nitrogens is 2. The zero-order valence-electron chi connectivity index (χ0n) is 8.77. The van der Waals surface area contributed by atoms with Gasteiger partial charge < -0.3 is 0 Å². The first kappa shape index (κ1) is 9.65. The van der Waals surface area contributed by atoms with Gasteiger partial charge in [-0.25, -0.2) is 0 Å². The van der Waals surface area contributed by atoms with E-state index in [1.54, 1.807) is 10.7 Å². The molecule has 1 aromatic heterocycles. The summed E-state index contributed by atoms with van der Waals surface area (Å²) in [6.07, 6.45) is 0. The molecule has 0 aliphatic heterocycles. The molecule has 0 N–H and O–H groups in total. The minimum absolute atomic E-state index is 0.0307. The van der Waals surface area contributed by atoms with E-state index in [1.165, 1.54) is 0 Å². The molecule has 3 heteroatoms. The van der Waals surface area contributed by atoms with Crippen molar-refractivity contribution in [2.45, 2.75) is 6.92 Å². The summed E-state index contributed by atoms with van der Waals surface area (Å²) in [5, 5.41) is 4.25. The Bertz CT molecular complexity index is 529. The summed E-state index contributed by atoms with van der Waals surface area (Å²) in [5.41, 5.74) is 2.19. The number of nitrogens with zero attached hydrogens (tertiary/aromatic N) is 2. The first-order valence-electron chi connectivity index (χ1n) is 4.79. The minimum atomic E-state index is -0.0307. The number of hydrogen-bond acceptors (Lipinski definition) is 2. The van der Waals surface area contributed by atoms with Crippen LogP contribution < -0.4 is 5.43 Å². The van der Waals surface area contributed by atoms with Gasteiger partial charge in [-0.15, -0.1) is 0 Å². The minimum Gasteiger partial charge on any atom is -0.287 e. The molecule has 0 fully saturated rings. The number of benzene rings is 1. The molecule has 2 aromatic rings. The van der Waals surface area contributed by atoms with Gasteiger partial charge in [0.05, 0.1) is 0 Å². The van der Waals surface area contributed by atoms with Crippen LogP contribution in [0.2, 0.25) is 0 Å². The summed E-state index contributed by atoms with van der Waals surface area (Å²) < 4.78 is 1.71. The van der Waals surface area contributed by atoms with Gasteiger partial charge in [0.2, 0.25) is 5.43 Å². The molecule has 2 rings (SSSR count). The summed E-state index contributed by atoms with van der Waals surface area (Å²) >= 11 is 0. The molecule has 0 spiro atoms. The molecule has 3 nitrogen and oxygen atoms in total. The predicted octanol–water partition coefficient (Wildman–Crippen LogP) is 1.76. The van der Waals surface area contributed by atoms with Crippen molar-refractivity contribution < 1.29 is 0 Å². The molecule has 0 saturated heterocycles. The average Bonchev–Trinajstić information content (AvgIpc) is 2.25. The fraction of sp³-hybridized carbons (Fsp3) is 0.167. The SMILES string of the molecule is Cc1cc(=O)c(-c2ccccc2)nn1C. The van der Waals surface area contributed by atoms with Crippen LogP contribution in [0, 0.1) is 6.92 Å². The second-order valence-corrected chi connectivity index (χ2v) is 3.49. The van der Waals surface area contributed by atoms with Crippen LogP contribution in [0.25, 0.3) is 11.3 Å². The molecule has 0 unspecified atom stereocenters. The van der Waals surface area contributed by atoms with E-state index in [2.05, 4.69) is 5.10 Å². The van der Waals surface area contributed by atoms with Crippen LogP contribution in [0.1, 0.15) is 5.69 Å². The first-order valence-corrected chi connectivity index (χ1v) is 4.79. The first-order chi connectivity index (χ1) is 7.18. The highest BCUT2D eigenvalue weighted by atomic mass is 16.1. The highest BCUT2D eigenvalue weighted by Gasteiger charge is 2.05. The lowest BCUT2D eigenvalue weighted by Crippen LogP contribution is -2.14. The zero-order valence-corrected chi connectivity index (χ0v) is 8.77. The Kier molecular flexibility index (Phi) is 2.37. The second kappa shape index (κ2) is 3.69. The smallest absolute Gasteiger partial charge is 0.208 e. The largest absolute Gasteiger partial charge is 0.287 e. The monoisotopic (exact) mass is 200 g/mol. The van der Waals surface area contributed by atoms with Crippen molar-refractivity contribution in [3.63, 3.8) is 0 Å². The third-order valence-electron chi connectivity index (χ3n) is 2.38. The highest BCUT2D eigenvalue weighted by molar-refractivity contribution is 5.57. The number of aryl methyl sites for hydroxylation is 2. The van der Waals surface area contributed by atoms with E-state index >= 15 is 0 Å². The van der Waals surface area contributed by atoms with Gasteiger partial charge in [-0.3, -0.25) is 9.48 Å². The normalized spacial score (nSPS) is 10.3. The lowest BCUT2D eigenvalue weighted by molar-refractivity contribution is 0.709. The van der Waals surface area contributed by atoms with Gasteiger partial charge in [-0.1, -0.05) is 30.3 Å². The maximum Gasteiger partial charge on any atom is 0.208 e. The van der Waals surface area contributed by atoms with Crippen LogP contribution in [0.15, 0.2) is 41.2 Å². The molecule has 0 aliphatic carbocycles. The van der Waals surface area contributed by atoms with Crippen molar-refractivity contribution in [2.75, 3.05) is 0 Å². The van der Waals surface area contributed by atoms with Gasteiger partial charge >= 0.3 is 0 Å². The molecule has 0 atom stereocenters. The van der Waals surface area contributed by atoms with Gasteiger partial charge in [-0.2, -0.15) is 5.10 Å². The van der Waals surface area contributed by atoms with Crippen LogP contribution in [-0.4, -0.2) is 9.78 Å². The molecule has 1 heterocycles. The zero-order chi connectivity index (χ0) is 10.8. The Labute approximate surface area is 88.0 Å². The third kappa shape index (κ3) is 1.81. The van der Waals surface area contributed by atoms with E-state index in [-0.39, 0.29) is 5.43 Å². The van der Waals surface area contributed by atoms with E-state index in [0.29, 0.717) is 5.69 Å². The van der Waals surface area contributed by atoms with Gasteiger partial charge in [-0.05, 0) is 6.92 Å². The summed E-state index contributed by atoms with van der Waals surface area (Å²) in [4.78, 5) is 11.7. The Morgan fingerprint density at radius 3 is 2.53 bits per heavy atom. The second-order valence-electron chi connectivity index (χ2n) is 3.49. The summed E-state index contributed by atoms with van der Waals surface area (Å²) in [6.45, 7) is 1.86. The Balaban J connectivity index is 2.65. The fourth-order valence-electron chi connectivity index (χ4n) is 1.43. The van der Waals surface area contributed by atoms with E-state index in [1.807, 2.05) is 44.3 Å². The van der Waals surface area contributed by atoms with Gasteiger partial charge in [0, 0.05) is 24.4 Å². The summed E-state index contributed by atoms with van der Waals surface area (Å²) in [5.74, 6) is 0. The Morgan fingerprint density at radius 1 is 1.20 bits per heavy atom. The molecule has 15 heavy (non-hydrogen) atoms. The summed E-state index contributed by atoms with van der Waals surface area (Å²) in [6, 6.07) is 11.1. The maximum atomic E-state index is 11.7. The number of hydrogen-bond donors (Lipinski definition) is 0. The standard InChI is InChI=1S/C12H12N2O/c1-9-8-11(15)12(13-14(9)2)10-6-4-3-5-7-10/h3-8H,1-2H3. The van der Waals surface area contributed by atoms with E-state index in [0.717, 1.165) is 11.3 Å². The van der Waals surface area contributed by atoms with E-state index in [4.69, 9.17) is 0 Å². The van der Waals surface area contributed by atoms with Crippen LogP contribution >= 0.6 is 0 Å². The lowest BCUT2D eigenvalue weighted by Gasteiger charge is -2.05. The van der Waals surface area contributed by atoms with Crippen molar-refractivity contribution >= 4 is 0 Å². The Morgan fingerprint density at radius 2 is 1.87 bits per heavy atom. The van der Waals surface area contributed by atoms with Crippen LogP contribution in [0.3, 0.4) is 0 Å². The molecule has 0 amide bonds. The van der Waals surface area contributed by atoms with Crippen LogP contribution in [-0.2, 0) is 7.05 Å². The molecule has 0 bridgehead atoms. The third-order valence-corrected chi connectivity index (χ3v) is 2.38. The van der Waals surface area contributed by atoms with Crippen molar-refractivity contribution in [1.29, 1.82) is 0 Å². The van der Waals surface area contributed by atoms with Gasteiger partial charge in [0.25, 0.3) is 0 Å². The topological polar surface area (TPSA) is 34.9 Å². The van der Waals surface area contributed by atoms with E-state index in [9.17, 15) is 4.79 Å². The van der Waals surface area contributed by atoms with Gasteiger partial charge in [0.1, 0.15) is 5.69 Å². The lowest BCUT2D eigenvalue weighted by atomic mass is 10.1. The highest BCUT2D eigenvalue weighted by Crippen LogP contribution is 2.11. The molecular formula is C12H12N2O. The van der Waals surface area contributed by atoms with Crippen molar-refractivity contribution in [3.8, 4) is 11.3 Å². The fourth-order valence-corrected chi connectivity index (χ4v) is 1.43. The Hall–Kier alpha value is -1.90. The molecule has 0 saturated carbocycles. The van der Waals surface area contributed by atoms with Crippen molar-refractivity contribution in [1.82, 2.24) is 9.78 Å². The molecular weight excluding hydrogens is 188 g/mol. The molecule has 1 aromatic carbocycles. The predicted molar refractivity (Wildman–Crippen MR) is 59.7 cm³/mol. The quantitative estimate of drug-likeness (QED) is 0.703. The van der Waals surface area contributed by atoms with Gasteiger partial charge in [0.15, 0.2) is 0 Å².